The number of nitrogens with zero attached hydrogens (tertiary/aromatic N) is 2. The van der Waals surface area contributed by atoms with Gasteiger partial charge in [-0.3, -0.25) is 0 Å². The molecule has 28 heavy (non-hydrogen) atoms. The third-order valence-corrected chi connectivity index (χ3v) is 6.09. The van der Waals surface area contributed by atoms with Crippen molar-refractivity contribution < 1.29 is 9.84 Å². The molecule has 2 heterocycles. The van der Waals surface area contributed by atoms with E-state index in [4.69, 9.17) is 4.74 Å². The van der Waals surface area contributed by atoms with Crippen molar-refractivity contribution in [2.75, 3.05) is 27.2 Å². The first-order valence-electron chi connectivity index (χ1n) is 10.0. The number of aliphatic hydroxyl groups is 1. The van der Waals surface area contributed by atoms with E-state index in [1.165, 1.54) is 27.7 Å². The van der Waals surface area contributed by atoms with Gasteiger partial charge in [-0.1, -0.05) is 23.8 Å². The van der Waals surface area contributed by atoms with Crippen LogP contribution in [0.3, 0.4) is 0 Å². The highest BCUT2D eigenvalue weighted by molar-refractivity contribution is 5.86. The van der Waals surface area contributed by atoms with Crippen molar-refractivity contribution in [3.05, 3.63) is 64.8 Å². The van der Waals surface area contributed by atoms with Gasteiger partial charge in [0.1, 0.15) is 11.4 Å². The van der Waals surface area contributed by atoms with E-state index in [-0.39, 0.29) is 0 Å². The molecule has 3 aromatic rings. The molecule has 1 aromatic heterocycles. The Bertz CT molecular complexity index is 986. The predicted octanol–water partition coefficient (Wildman–Crippen LogP) is 3.90. The molecule has 1 N–H and O–H groups in total. The van der Waals surface area contributed by atoms with Gasteiger partial charge >= 0.3 is 0 Å². The number of ether oxygens (including phenoxy) is 1. The van der Waals surface area contributed by atoms with Gasteiger partial charge < -0.3 is 19.3 Å². The fraction of sp³-hybridized carbons (Fsp3) is 0.417. The summed E-state index contributed by atoms with van der Waals surface area (Å²) in [6.07, 6.45) is 2.07. The molecule has 0 spiro atoms. The van der Waals surface area contributed by atoms with E-state index in [0.717, 1.165) is 37.2 Å². The molecule has 2 aromatic carbocycles. The Hall–Kier alpha value is -2.30. The van der Waals surface area contributed by atoms with Gasteiger partial charge in [-0.2, -0.15) is 0 Å². The average Bonchev–Trinajstić information content (AvgIpc) is 2.82. The van der Waals surface area contributed by atoms with Crippen LogP contribution in [0.15, 0.2) is 42.5 Å². The second-order valence-electron chi connectivity index (χ2n) is 8.34. The Morgan fingerprint density at radius 2 is 1.79 bits per heavy atom. The van der Waals surface area contributed by atoms with Gasteiger partial charge in [-0.25, -0.2) is 0 Å². The van der Waals surface area contributed by atoms with Crippen LogP contribution < -0.4 is 4.74 Å². The summed E-state index contributed by atoms with van der Waals surface area (Å²) in [5.74, 6) is 0.804. The van der Waals surface area contributed by atoms with E-state index < -0.39 is 5.60 Å². The molecule has 0 saturated heterocycles. The van der Waals surface area contributed by atoms with E-state index in [1.807, 2.05) is 31.2 Å². The lowest BCUT2D eigenvalue weighted by Gasteiger charge is -2.27. The predicted molar refractivity (Wildman–Crippen MR) is 114 cm³/mol. The molecule has 4 nitrogen and oxygen atoms in total. The van der Waals surface area contributed by atoms with Crippen LogP contribution in [0.5, 0.6) is 5.75 Å². The minimum Gasteiger partial charge on any atom is -0.497 e. The van der Waals surface area contributed by atoms with Crippen LogP contribution in [0.1, 0.15) is 29.3 Å². The second-order valence-corrected chi connectivity index (χ2v) is 8.34. The molecule has 0 bridgehead atoms. The van der Waals surface area contributed by atoms with Crippen LogP contribution in [0.25, 0.3) is 10.9 Å². The van der Waals surface area contributed by atoms with Gasteiger partial charge in [0, 0.05) is 36.1 Å². The summed E-state index contributed by atoms with van der Waals surface area (Å²) in [6, 6.07) is 14.4. The van der Waals surface area contributed by atoms with Crippen molar-refractivity contribution in [2.45, 2.75) is 38.8 Å². The molecule has 0 amide bonds. The molecule has 1 aliphatic rings. The number of hydrogen-bond donors (Lipinski definition) is 1. The number of rotatable bonds is 4. The summed E-state index contributed by atoms with van der Waals surface area (Å²) in [4.78, 5) is 2.40. The van der Waals surface area contributed by atoms with Gasteiger partial charge in [-0.05, 0) is 62.7 Å². The van der Waals surface area contributed by atoms with E-state index in [2.05, 4.69) is 41.6 Å². The number of aromatic nitrogens is 1. The van der Waals surface area contributed by atoms with Crippen molar-refractivity contribution in [1.82, 2.24) is 9.47 Å². The molecule has 4 heteroatoms. The SMILES string of the molecule is COc1ccc(C(C)(O)Cn2c3c(c4cc(C)ccc42)CCN(C)CC3)cc1. The molecule has 1 atom stereocenters. The zero-order valence-electron chi connectivity index (χ0n) is 17.3. The monoisotopic (exact) mass is 378 g/mol. The normalized spacial score (nSPS) is 17.2. The molecule has 148 valence electrons. The molecule has 0 radical (unpaired) electrons. The molecule has 1 unspecified atom stereocenters. The first kappa shape index (κ1) is 19.0. The maximum atomic E-state index is 11.4. The molecule has 1 aliphatic heterocycles. The number of aryl methyl sites for hydroxylation is 1. The highest BCUT2D eigenvalue weighted by Gasteiger charge is 2.28. The maximum absolute atomic E-state index is 11.4. The van der Waals surface area contributed by atoms with Crippen molar-refractivity contribution in [1.29, 1.82) is 0 Å². The number of hydrogen-bond acceptors (Lipinski definition) is 3. The third-order valence-electron chi connectivity index (χ3n) is 6.09. The highest BCUT2D eigenvalue weighted by atomic mass is 16.5. The van der Waals surface area contributed by atoms with Crippen molar-refractivity contribution in [3.8, 4) is 5.75 Å². The van der Waals surface area contributed by atoms with E-state index in [1.54, 1.807) is 7.11 Å². The van der Waals surface area contributed by atoms with Crippen molar-refractivity contribution >= 4 is 10.9 Å². The smallest absolute Gasteiger partial charge is 0.118 e. The molecular formula is C24H30N2O2. The molecule has 0 aliphatic carbocycles. The topological polar surface area (TPSA) is 37.6 Å². The Kier molecular flexibility index (Phi) is 4.94. The van der Waals surface area contributed by atoms with E-state index in [9.17, 15) is 5.11 Å². The first-order valence-corrected chi connectivity index (χ1v) is 10.0. The minimum absolute atomic E-state index is 0.540. The zero-order chi connectivity index (χ0) is 19.9. The van der Waals surface area contributed by atoms with Gasteiger partial charge in [-0.15, -0.1) is 0 Å². The summed E-state index contributed by atoms with van der Waals surface area (Å²) in [7, 11) is 3.85. The van der Waals surface area contributed by atoms with Gasteiger partial charge in [0.15, 0.2) is 0 Å². The van der Waals surface area contributed by atoms with Crippen LogP contribution in [0, 0.1) is 6.92 Å². The minimum atomic E-state index is -0.963. The average molecular weight is 379 g/mol. The van der Waals surface area contributed by atoms with E-state index in [0.29, 0.717) is 6.54 Å². The molecule has 0 saturated carbocycles. The summed E-state index contributed by atoms with van der Waals surface area (Å²) >= 11 is 0. The van der Waals surface area contributed by atoms with Crippen molar-refractivity contribution in [3.63, 3.8) is 0 Å². The Balaban J connectivity index is 1.79. The maximum Gasteiger partial charge on any atom is 0.118 e. The zero-order valence-corrected chi connectivity index (χ0v) is 17.3. The first-order chi connectivity index (χ1) is 13.4. The molecule has 0 fully saturated rings. The number of benzene rings is 2. The lowest BCUT2D eigenvalue weighted by Crippen LogP contribution is -2.29. The van der Waals surface area contributed by atoms with Gasteiger partial charge in [0.25, 0.3) is 0 Å². The van der Waals surface area contributed by atoms with Crippen molar-refractivity contribution in [2.24, 2.45) is 0 Å². The van der Waals surface area contributed by atoms with Crippen LogP contribution in [-0.2, 0) is 25.0 Å². The Morgan fingerprint density at radius 3 is 2.50 bits per heavy atom. The van der Waals surface area contributed by atoms with Crippen LogP contribution >= 0.6 is 0 Å². The summed E-state index contributed by atoms with van der Waals surface area (Å²) in [5, 5.41) is 12.7. The third kappa shape index (κ3) is 3.43. The Labute approximate surface area is 167 Å². The van der Waals surface area contributed by atoms with Gasteiger partial charge in [0.05, 0.1) is 13.7 Å². The standard InChI is InChI=1S/C24H30N2O2/c1-17-5-10-22-21(15-17)20-11-13-25(3)14-12-23(20)26(22)16-24(2,27)18-6-8-19(28-4)9-7-18/h5-10,15,27H,11-14,16H2,1-4H3. The van der Waals surface area contributed by atoms with E-state index >= 15 is 0 Å². The quantitative estimate of drug-likeness (QED) is 0.748. The Morgan fingerprint density at radius 1 is 1.07 bits per heavy atom. The summed E-state index contributed by atoms with van der Waals surface area (Å²) in [5.41, 5.74) is 5.28. The van der Waals surface area contributed by atoms with Crippen LogP contribution in [0.2, 0.25) is 0 Å². The molecular weight excluding hydrogens is 348 g/mol. The number of likely N-dealkylation sites (N-methyl/N-ethyl adjacent to an activating group) is 1. The fourth-order valence-electron chi connectivity index (χ4n) is 4.40. The van der Waals surface area contributed by atoms with Gasteiger partial charge in [0.2, 0.25) is 0 Å². The second kappa shape index (κ2) is 7.26. The summed E-state index contributed by atoms with van der Waals surface area (Å²) < 4.78 is 7.62. The van der Waals surface area contributed by atoms with Crippen LogP contribution in [-0.4, -0.2) is 41.8 Å². The number of methoxy groups -OCH3 is 1. The lowest BCUT2D eigenvalue weighted by atomic mass is 9.95. The number of fused-ring (bicyclic) bond motifs is 3. The lowest BCUT2D eigenvalue weighted by molar-refractivity contribution is 0.0387. The largest absolute Gasteiger partial charge is 0.497 e. The summed E-state index contributed by atoms with van der Waals surface area (Å²) in [6.45, 7) is 6.73. The van der Waals surface area contributed by atoms with Crippen LogP contribution in [0.4, 0.5) is 0 Å². The molecule has 4 rings (SSSR count). The highest BCUT2D eigenvalue weighted by Crippen LogP contribution is 2.33. The fourth-order valence-corrected chi connectivity index (χ4v) is 4.40.